The molecule has 2 aliphatic heterocycles. The number of hydrogen-bond donors (Lipinski definition) is 1. The van der Waals surface area contributed by atoms with Crippen LogP contribution >= 0.6 is 0 Å². The van der Waals surface area contributed by atoms with Crippen molar-refractivity contribution in [1.82, 2.24) is 10.2 Å². The number of hydrogen-bond acceptors (Lipinski definition) is 3. The Balaban J connectivity index is 1.74. The van der Waals surface area contributed by atoms with Crippen molar-refractivity contribution in [3.05, 3.63) is 29.8 Å². The summed E-state index contributed by atoms with van der Waals surface area (Å²) in [7, 11) is 1.85. The second kappa shape index (κ2) is 4.04. The van der Waals surface area contributed by atoms with Crippen molar-refractivity contribution in [1.29, 1.82) is 0 Å². The summed E-state index contributed by atoms with van der Waals surface area (Å²) < 4.78 is 5.60. The fraction of sp³-hybridized carbons (Fsp3) is 0.462. The van der Waals surface area contributed by atoms with Crippen molar-refractivity contribution < 1.29 is 9.53 Å². The minimum atomic E-state index is -0.0558. The summed E-state index contributed by atoms with van der Waals surface area (Å²) in [4.78, 5) is 13.6. The molecule has 3 rings (SSSR count). The van der Waals surface area contributed by atoms with Crippen molar-refractivity contribution in [2.45, 2.75) is 18.5 Å². The summed E-state index contributed by atoms with van der Waals surface area (Å²) in [5.74, 6) is 1.12. The van der Waals surface area contributed by atoms with Crippen molar-refractivity contribution in [2.24, 2.45) is 0 Å². The van der Waals surface area contributed by atoms with Gasteiger partial charge in [-0.3, -0.25) is 10.1 Å². The fourth-order valence-corrected chi connectivity index (χ4v) is 2.52. The Kier molecular flexibility index (Phi) is 2.52. The molecular weight excluding hydrogens is 216 g/mol. The number of likely N-dealkylation sites (tertiary alicyclic amines) is 1. The molecule has 1 aromatic rings. The van der Waals surface area contributed by atoms with E-state index in [0.29, 0.717) is 6.61 Å². The number of rotatable bonds is 2. The van der Waals surface area contributed by atoms with Gasteiger partial charge in [0, 0.05) is 19.2 Å². The Labute approximate surface area is 101 Å². The first kappa shape index (κ1) is 10.6. The highest BCUT2D eigenvalue weighted by Crippen LogP contribution is 2.32. The van der Waals surface area contributed by atoms with E-state index in [4.69, 9.17) is 4.74 Å². The number of nitrogens with one attached hydrogen (secondary N) is 1. The Hall–Kier alpha value is -1.55. The number of ether oxygens (including phenoxy) is 1. The summed E-state index contributed by atoms with van der Waals surface area (Å²) in [5, 5.41) is 3.40. The summed E-state index contributed by atoms with van der Waals surface area (Å²) in [6, 6.07) is 8.09. The fourth-order valence-electron chi connectivity index (χ4n) is 2.52. The highest BCUT2D eigenvalue weighted by atomic mass is 16.5. The highest BCUT2D eigenvalue weighted by molar-refractivity contribution is 5.83. The molecule has 4 heteroatoms. The zero-order chi connectivity index (χ0) is 11.8. The Morgan fingerprint density at radius 1 is 1.35 bits per heavy atom. The number of fused-ring (bicyclic) bond motifs is 1. The van der Waals surface area contributed by atoms with Crippen LogP contribution in [0.2, 0.25) is 0 Å². The van der Waals surface area contributed by atoms with E-state index in [-0.39, 0.29) is 18.0 Å². The molecule has 1 amide bonds. The average molecular weight is 232 g/mol. The van der Waals surface area contributed by atoms with Crippen LogP contribution in [0.4, 0.5) is 0 Å². The summed E-state index contributed by atoms with van der Waals surface area (Å²) >= 11 is 0. The standard InChI is InChI=1S/C13H16N2O2/c1-15-7-6-10(13(15)16)14-11-8-17-12-5-3-2-4-9(11)12/h2-5,10-11,14H,6-8H2,1H3. The third-order valence-electron chi connectivity index (χ3n) is 3.53. The van der Waals surface area contributed by atoms with E-state index in [1.54, 1.807) is 4.90 Å². The van der Waals surface area contributed by atoms with Crippen molar-refractivity contribution in [3.8, 4) is 5.75 Å². The van der Waals surface area contributed by atoms with Crippen LogP contribution in [0.1, 0.15) is 18.0 Å². The average Bonchev–Trinajstić information content (AvgIpc) is 2.89. The van der Waals surface area contributed by atoms with Crippen LogP contribution in [-0.4, -0.2) is 37.0 Å². The van der Waals surface area contributed by atoms with Gasteiger partial charge in [-0.1, -0.05) is 18.2 Å². The van der Waals surface area contributed by atoms with Gasteiger partial charge in [-0.25, -0.2) is 0 Å². The van der Waals surface area contributed by atoms with Crippen LogP contribution in [0, 0.1) is 0 Å². The third kappa shape index (κ3) is 1.78. The smallest absolute Gasteiger partial charge is 0.239 e. The number of para-hydroxylation sites is 1. The van der Waals surface area contributed by atoms with Crippen molar-refractivity contribution in [2.75, 3.05) is 20.2 Å². The molecule has 0 radical (unpaired) electrons. The molecule has 2 aliphatic rings. The zero-order valence-corrected chi connectivity index (χ0v) is 9.85. The topological polar surface area (TPSA) is 41.6 Å². The van der Waals surface area contributed by atoms with Gasteiger partial charge in [0.1, 0.15) is 12.4 Å². The summed E-state index contributed by atoms with van der Waals surface area (Å²) in [5.41, 5.74) is 1.16. The van der Waals surface area contributed by atoms with Gasteiger partial charge in [0.25, 0.3) is 0 Å². The predicted octanol–water partition coefficient (Wildman–Crippen LogP) is 0.940. The van der Waals surface area contributed by atoms with E-state index in [2.05, 4.69) is 11.4 Å². The van der Waals surface area contributed by atoms with Crippen LogP contribution < -0.4 is 10.1 Å². The van der Waals surface area contributed by atoms with E-state index in [9.17, 15) is 4.79 Å². The maximum Gasteiger partial charge on any atom is 0.239 e. The predicted molar refractivity (Wildman–Crippen MR) is 63.9 cm³/mol. The lowest BCUT2D eigenvalue weighted by Gasteiger charge is -2.16. The first-order valence-electron chi connectivity index (χ1n) is 5.98. The van der Waals surface area contributed by atoms with Gasteiger partial charge in [-0.2, -0.15) is 0 Å². The molecule has 2 unspecified atom stereocenters. The van der Waals surface area contributed by atoms with E-state index >= 15 is 0 Å². The lowest BCUT2D eigenvalue weighted by atomic mass is 10.1. The van der Waals surface area contributed by atoms with Gasteiger partial charge in [0.15, 0.2) is 0 Å². The Bertz CT molecular complexity index is 447. The van der Waals surface area contributed by atoms with Gasteiger partial charge < -0.3 is 9.64 Å². The Morgan fingerprint density at radius 2 is 2.18 bits per heavy atom. The SMILES string of the molecule is CN1CCC(NC2COc3ccccc32)C1=O. The molecule has 2 atom stereocenters. The lowest BCUT2D eigenvalue weighted by Crippen LogP contribution is -2.39. The van der Waals surface area contributed by atoms with E-state index in [1.807, 2.05) is 25.2 Å². The number of amides is 1. The van der Waals surface area contributed by atoms with Crippen LogP contribution in [-0.2, 0) is 4.79 Å². The molecule has 0 spiro atoms. The quantitative estimate of drug-likeness (QED) is 0.825. The van der Waals surface area contributed by atoms with Crippen molar-refractivity contribution in [3.63, 3.8) is 0 Å². The molecular formula is C13H16N2O2. The molecule has 90 valence electrons. The van der Waals surface area contributed by atoms with Gasteiger partial charge in [-0.15, -0.1) is 0 Å². The maximum absolute atomic E-state index is 11.8. The van der Waals surface area contributed by atoms with Gasteiger partial charge in [-0.05, 0) is 12.5 Å². The molecule has 0 aliphatic carbocycles. The van der Waals surface area contributed by atoms with Crippen LogP contribution in [0.5, 0.6) is 5.75 Å². The normalized spacial score (nSPS) is 27.1. The summed E-state index contributed by atoms with van der Waals surface area (Å²) in [6.45, 7) is 1.46. The van der Waals surface area contributed by atoms with Gasteiger partial charge in [0.2, 0.25) is 5.91 Å². The second-order valence-corrected chi connectivity index (χ2v) is 4.67. The molecule has 1 aromatic carbocycles. The molecule has 1 N–H and O–H groups in total. The van der Waals surface area contributed by atoms with Crippen LogP contribution in [0.25, 0.3) is 0 Å². The number of likely N-dealkylation sites (N-methyl/N-ethyl adjacent to an activating group) is 1. The molecule has 0 aromatic heterocycles. The Morgan fingerprint density at radius 3 is 2.94 bits per heavy atom. The first-order valence-corrected chi connectivity index (χ1v) is 5.98. The largest absolute Gasteiger partial charge is 0.491 e. The molecule has 2 heterocycles. The van der Waals surface area contributed by atoms with Gasteiger partial charge >= 0.3 is 0 Å². The third-order valence-corrected chi connectivity index (χ3v) is 3.53. The van der Waals surface area contributed by atoms with Crippen molar-refractivity contribution >= 4 is 5.91 Å². The monoisotopic (exact) mass is 232 g/mol. The van der Waals surface area contributed by atoms with E-state index in [0.717, 1.165) is 24.3 Å². The number of nitrogens with zero attached hydrogens (tertiary/aromatic N) is 1. The highest BCUT2D eigenvalue weighted by Gasteiger charge is 2.33. The summed E-state index contributed by atoms with van der Waals surface area (Å²) in [6.07, 6.45) is 0.883. The first-order chi connectivity index (χ1) is 8.25. The lowest BCUT2D eigenvalue weighted by molar-refractivity contribution is -0.128. The van der Waals surface area contributed by atoms with Crippen LogP contribution in [0.3, 0.4) is 0 Å². The number of benzene rings is 1. The number of carbonyl (C=O) groups is 1. The van der Waals surface area contributed by atoms with Crippen LogP contribution in [0.15, 0.2) is 24.3 Å². The van der Waals surface area contributed by atoms with E-state index in [1.165, 1.54) is 0 Å². The van der Waals surface area contributed by atoms with Gasteiger partial charge in [0.05, 0.1) is 12.1 Å². The molecule has 1 fully saturated rings. The molecule has 0 bridgehead atoms. The molecule has 0 saturated carbocycles. The second-order valence-electron chi connectivity index (χ2n) is 4.67. The molecule has 1 saturated heterocycles. The molecule has 17 heavy (non-hydrogen) atoms. The number of carbonyl (C=O) groups excluding carboxylic acids is 1. The molecule has 4 nitrogen and oxygen atoms in total. The minimum Gasteiger partial charge on any atom is -0.491 e. The minimum absolute atomic E-state index is 0.0558. The zero-order valence-electron chi connectivity index (χ0n) is 9.85. The van der Waals surface area contributed by atoms with E-state index < -0.39 is 0 Å². The maximum atomic E-state index is 11.8.